The van der Waals surface area contributed by atoms with E-state index in [0.29, 0.717) is 18.5 Å². The molecule has 1 amide bonds. The molecule has 1 aliphatic heterocycles. The van der Waals surface area contributed by atoms with E-state index < -0.39 is 9.84 Å². The van der Waals surface area contributed by atoms with Gasteiger partial charge in [0.25, 0.3) is 0 Å². The molecular formula is C20H20FN5O3S. The lowest BCUT2D eigenvalue weighted by molar-refractivity contribution is -0.134. The van der Waals surface area contributed by atoms with Crippen molar-refractivity contribution in [3.8, 4) is 11.4 Å². The predicted molar refractivity (Wildman–Crippen MR) is 107 cm³/mol. The van der Waals surface area contributed by atoms with Gasteiger partial charge < -0.3 is 4.90 Å². The monoisotopic (exact) mass is 429 g/mol. The molecule has 0 bridgehead atoms. The number of amides is 1. The third-order valence-corrected chi connectivity index (χ3v) is 6.75. The van der Waals surface area contributed by atoms with Gasteiger partial charge in [0.15, 0.2) is 9.84 Å². The van der Waals surface area contributed by atoms with E-state index in [1.807, 2.05) is 30.3 Å². The number of halogens is 1. The van der Waals surface area contributed by atoms with Crippen molar-refractivity contribution in [1.29, 1.82) is 0 Å². The topological polar surface area (TPSA) is 98.1 Å². The Morgan fingerprint density at radius 2 is 1.87 bits per heavy atom. The summed E-state index contributed by atoms with van der Waals surface area (Å²) >= 11 is 0. The Morgan fingerprint density at radius 1 is 1.13 bits per heavy atom. The molecule has 0 radical (unpaired) electrons. The normalized spacial score (nSPS) is 17.7. The van der Waals surface area contributed by atoms with Crippen molar-refractivity contribution >= 4 is 15.7 Å². The Bertz CT molecular complexity index is 1130. The van der Waals surface area contributed by atoms with Gasteiger partial charge in [-0.15, -0.1) is 10.2 Å². The molecule has 2 heterocycles. The summed E-state index contributed by atoms with van der Waals surface area (Å²) in [5.41, 5.74) is 1.49. The van der Waals surface area contributed by atoms with E-state index in [-0.39, 0.29) is 41.6 Å². The van der Waals surface area contributed by atoms with Gasteiger partial charge in [0, 0.05) is 18.2 Å². The molecule has 0 aliphatic carbocycles. The summed E-state index contributed by atoms with van der Waals surface area (Å²) in [7, 11) is -3.15. The highest BCUT2D eigenvalue weighted by Crippen LogP contribution is 2.21. The molecule has 156 valence electrons. The number of hydrogen-bond donors (Lipinski definition) is 0. The fourth-order valence-electron chi connectivity index (χ4n) is 3.46. The number of sulfone groups is 1. The summed E-state index contributed by atoms with van der Waals surface area (Å²) in [6.07, 6.45) is 0.409. The Kier molecular flexibility index (Phi) is 5.58. The van der Waals surface area contributed by atoms with Crippen molar-refractivity contribution < 1.29 is 17.6 Å². The van der Waals surface area contributed by atoms with Gasteiger partial charge in [-0.2, -0.15) is 4.80 Å². The summed E-state index contributed by atoms with van der Waals surface area (Å²) in [6, 6.07) is 14.7. The van der Waals surface area contributed by atoms with Crippen molar-refractivity contribution in [2.75, 3.05) is 11.5 Å². The molecule has 3 aromatic rings. The summed E-state index contributed by atoms with van der Waals surface area (Å²) < 4.78 is 37.0. The Hall–Kier alpha value is -3.14. The molecule has 1 aromatic heterocycles. The minimum Gasteiger partial charge on any atom is -0.333 e. The van der Waals surface area contributed by atoms with Crippen LogP contribution in [0.2, 0.25) is 0 Å². The summed E-state index contributed by atoms with van der Waals surface area (Å²) in [4.78, 5) is 15.8. The van der Waals surface area contributed by atoms with Gasteiger partial charge in [-0.3, -0.25) is 4.79 Å². The number of tetrazole rings is 1. The second-order valence-electron chi connectivity index (χ2n) is 7.21. The van der Waals surface area contributed by atoms with E-state index in [4.69, 9.17) is 0 Å². The van der Waals surface area contributed by atoms with Crippen molar-refractivity contribution in [2.45, 2.75) is 25.6 Å². The Labute approximate surface area is 173 Å². The number of carbonyl (C=O) groups excluding carboxylic acids is 1. The number of nitrogens with zero attached hydrogens (tertiary/aromatic N) is 5. The second-order valence-corrected chi connectivity index (χ2v) is 9.44. The Morgan fingerprint density at radius 3 is 2.53 bits per heavy atom. The lowest BCUT2D eigenvalue weighted by Gasteiger charge is -2.28. The molecule has 1 aliphatic rings. The molecule has 0 saturated carbocycles. The van der Waals surface area contributed by atoms with Crippen LogP contribution in [0, 0.1) is 5.82 Å². The van der Waals surface area contributed by atoms with Gasteiger partial charge in [-0.1, -0.05) is 30.3 Å². The highest BCUT2D eigenvalue weighted by Gasteiger charge is 2.35. The van der Waals surface area contributed by atoms with Crippen LogP contribution in [0.25, 0.3) is 11.4 Å². The lowest BCUT2D eigenvalue weighted by atomic mass is 10.1. The van der Waals surface area contributed by atoms with E-state index in [9.17, 15) is 17.6 Å². The smallest absolute Gasteiger partial charge is 0.246 e. The third-order valence-electron chi connectivity index (χ3n) is 5.00. The van der Waals surface area contributed by atoms with Crippen molar-refractivity contribution in [2.24, 2.45) is 0 Å². The maximum atomic E-state index is 13.1. The first kappa shape index (κ1) is 20.1. The third kappa shape index (κ3) is 4.70. The number of benzene rings is 2. The van der Waals surface area contributed by atoms with Gasteiger partial charge in [-0.25, -0.2) is 12.8 Å². The average Bonchev–Trinajstić information content (AvgIpc) is 3.33. The zero-order valence-electron chi connectivity index (χ0n) is 16.1. The molecule has 2 aromatic carbocycles. The highest BCUT2D eigenvalue weighted by molar-refractivity contribution is 7.91. The van der Waals surface area contributed by atoms with Crippen LogP contribution in [-0.2, 0) is 27.7 Å². The molecule has 1 fully saturated rings. The molecule has 4 rings (SSSR count). The van der Waals surface area contributed by atoms with Crippen molar-refractivity contribution in [1.82, 2.24) is 25.1 Å². The van der Waals surface area contributed by atoms with Crippen molar-refractivity contribution in [3.05, 3.63) is 66.0 Å². The summed E-state index contributed by atoms with van der Waals surface area (Å²) in [6.45, 7) is 0.136. The van der Waals surface area contributed by atoms with E-state index in [1.165, 1.54) is 29.1 Å². The molecule has 0 unspecified atom stereocenters. The van der Waals surface area contributed by atoms with Crippen LogP contribution >= 0.6 is 0 Å². The van der Waals surface area contributed by atoms with Crippen LogP contribution in [0.15, 0.2) is 54.6 Å². The zero-order chi connectivity index (χ0) is 21.1. The predicted octanol–water partition coefficient (Wildman–Crippen LogP) is 1.70. The molecule has 1 saturated heterocycles. The van der Waals surface area contributed by atoms with Gasteiger partial charge in [0.2, 0.25) is 11.7 Å². The van der Waals surface area contributed by atoms with Gasteiger partial charge in [0.05, 0.1) is 11.5 Å². The van der Waals surface area contributed by atoms with Crippen LogP contribution in [0.1, 0.15) is 12.0 Å². The number of aromatic nitrogens is 4. The number of rotatable bonds is 6. The van der Waals surface area contributed by atoms with E-state index >= 15 is 0 Å². The number of carbonyl (C=O) groups is 1. The summed E-state index contributed by atoms with van der Waals surface area (Å²) in [5.74, 6) is -0.349. The largest absolute Gasteiger partial charge is 0.333 e. The van der Waals surface area contributed by atoms with E-state index in [1.54, 1.807) is 4.90 Å². The van der Waals surface area contributed by atoms with Crippen LogP contribution in [-0.4, -0.2) is 57.0 Å². The highest BCUT2D eigenvalue weighted by atomic mass is 32.2. The van der Waals surface area contributed by atoms with Gasteiger partial charge >= 0.3 is 0 Å². The van der Waals surface area contributed by atoms with Crippen LogP contribution in [0.3, 0.4) is 0 Å². The van der Waals surface area contributed by atoms with Gasteiger partial charge in [0.1, 0.15) is 12.4 Å². The minimum absolute atomic E-state index is 0.0445. The van der Waals surface area contributed by atoms with Crippen molar-refractivity contribution in [3.63, 3.8) is 0 Å². The van der Waals surface area contributed by atoms with Crippen LogP contribution in [0.4, 0.5) is 4.39 Å². The quantitative estimate of drug-likeness (QED) is 0.592. The molecule has 0 N–H and O–H groups in total. The number of hydrogen-bond acceptors (Lipinski definition) is 6. The van der Waals surface area contributed by atoms with E-state index in [0.717, 1.165) is 5.56 Å². The summed E-state index contributed by atoms with van der Waals surface area (Å²) in [5, 5.41) is 12.0. The Balaban J connectivity index is 1.52. The SMILES string of the molecule is O=C(Cn1nnc(-c2ccc(F)cc2)n1)N(Cc1ccccc1)[C@@H]1CCS(=O)(=O)C1. The van der Waals surface area contributed by atoms with Crippen LogP contribution < -0.4 is 0 Å². The maximum Gasteiger partial charge on any atom is 0.246 e. The molecule has 10 heteroatoms. The standard InChI is InChI=1S/C20H20FN5O3S/c21-17-8-6-16(7-9-17)20-22-24-26(23-20)13-19(27)25(12-15-4-2-1-3-5-15)18-10-11-30(28,29)14-18/h1-9,18H,10-14H2/t18-/m1/s1. The first-order chi connectivity index (χ1) is 14.4. The minimum atomic E-state index is -3.15. The fraction of sp³-hybridized carbons (Fsp3) is 0.300. The van der Waals surface area contributed by atoms with E-state index in [2.05, 4.69) is 15.4 Å². The fourth-order valence-corrected chi connectivity index (χ4v) is 5.19. The molecular weight excluding hydrogens is 409 g/mol. The molecule has 8 nitrogen and oxygen atoms in total. The molecule has 1 atom stereocenters. The van der Waals surface area contributed by atoms with Crippen LogP contribution in [0.5, 0.6) is 0 Å². The lowest BCUT2D eigenvalue weighted by Crippen LogP contribution is -2.42. The molecule has 0 spiro atoms. The maximum absolute atomic E-state index is 13.1. The first-order valence-electron chi connectivity index (χ1n) is 9.47. The molecule has 30 heavy (non-hydrogen) atoms. The average molecular weight is 429 g/mol. The van der Waals surface area contributed by atoms with Gasteiger partial charge in [-0.05, 0) is 41.5 Å². The first-order valence-corrected chi connectivity index (χ1v) is 11.3. The zero-order valence-corrected chi connectivity index (χ0v) is 16.9. The second kappa shape index (κ2) is 8.31.